The van der Waals surface area contributed by atoms with Gasteiger partial charge in [0.2, 0.25) is 0 Å². The van der Waals surface area contributed by atoms with Crippen LogP contribution in [0.2, 0.25) is 0 Å². The standard InChI is InChI=1S/C16H24O/c1-5-12(6-2)16(17)15-10-9-13(7-3)14(8-4)11-15/h9-12H,5-8H2,1-4H3. The fraction of sp³-hybridized carbons (Fsp3) is 0.562. The lowest BCUT2D eigenvalue weighted by Crippen LogP contribution is -2.13. The van der Waals surface area contributed by atoms with Crippen molar-refractivity contribution in [3.05, 3.63) is 34.9 Å². The van der Waals surface area contributed by atoms with E-state index in [1.54, 1.807) is 0 Å². The number of carbonyl (C=O) groups is 1. The van der Waals surface area contributed by atoms with Crippen molar-refractivity contribution in [2.75, 3.05) is 0 Å². The summed E-state index contributed by atoms with van der Waals surface area (Å²) in [4.78, 5) is 12.3. The van der Waals surface area contributed by atoms with Crippen LogP contribution in [0.4, 0.5) is 0 Å². The summed E-state index contributed by atoms with van der Waals surface area (Å²) in [6.45, 7) is 8.50. The second kappa shape index (κ2) is 6.58. The Bertz CT molecular complexity index is 375. The molecule has 94 valence electrons. The largest absolute Gasteiger partial charge is 0.294 e. The van der Waals surface area contributed by atoms with Crippen LogP contribution in [-0.2, 0) is 12.8 Å². The Kier molecular flexibility index (Phi) is 5.40. The van der Waals surface area contributed by atoms with E-state index < -0.39 is 0 Å². The van der Waals surface area contributed by atoms with E-state index in [1.807, 2.05) is 6.07 Å². The van der Waals surface area contributed by atoms with E-state index in [1.165, 1.54) is 11.1 Å². The summed E-state index contributed by atoms with van der Waals surface area (Å²) in [5, 5.41) is 0. The summed E-state index contributed by atoms with van der Waals surface area (Å²) in [5.41, 5.74) is 3.59. The molecule has 0 saturated heterocycles. The molecule has 0 N–H and O–H groups in total. The average Bonchev–Trinajstić information content (AvgIpc) is 2.39. The van der Waals surface area contributed by atoms with Gasteiger partial charge in [-0.2, -0.15) is 0 Å². The van der Waals surface area contributed by atoms with E-state index >= 15 is 0 Å². The third-order valence-electron chi connectivity index (χ3n) is 3.61. The lowest BCUT2D eigenvalue weighted by Gasteiger charge is -2.13. The smallest absolute Gasteiger partial charge is 0.165 e. The number of hydrogen-bond donors (Lipinski definition) is 0. The number of Topliss-reactive ketones (excluding diaryl/α,β-unsaturated/α-hetero) is 1. The van der Waals surface area contributed by atoms with Crippen molar-refractivity contribution in [3.63, 3.8) is 0 Å². The summed E-state index contributed by atoms with van der Waals surface area (Å²) in [5.74, 6) is 0.500. The Hall–Kier alpha value is -1.11. The fourth-order valence-corrected chi connectivity index (χ4v) is 2.35. The van der Waals surface area contributed by atoms with Gasteiger partial charge in [0, 0.05) is 11.5 Å². The molecule has 0 spiro atoms. The fourth-order valence-electron chi connectivity index (χ4n) is 2.35. The number of aryl methyl sites for hydroxylation is 2. The van der Waals surface area contributed by atoms with E-state index in [0.29, 0.717) is 5.78 Å². The van der Waals surface area contributed by atoms with E-state index in [-0.39, 0.29) is 5.92 Å². The summed E-state index contributed by atoms with van der Waals surface area (Å²) in [6, 6.07) is 6.21. The molecule has 1 nitrogen and oxygen atoms in total. The van der Waals surface area contributed by atoms with Crippen molar-refractivity contribution in [1.82, 2.24) is 0 Å². The highest BCUT2D eigenvalue weighted by atomic mass is 16.1. The van der Waals surface area contributed by atoms with Crippen LogP contribution in [0.3, 0.4) is 0 Å². The SMILES string of the molecule is CCc1ccc(C(=O)C(CC)CC)cc1CC. The van der Waals surface area contributed by atoms with Crippen molar-refractivity contribution in [2.45, 2.75) is 53.4 Å². The van der Waals surface area contributed by atoms with Gasteiger partial charge in [0.1, 0.15) is 0 Å². The molecule has 0 aliphatic rings. The first-order valence-electron chi connectivity index (χ1n) is 6.83. The zero-order valence-electron chi connectivity index (χ0n) is 11.5. The van der Waals surface area contributed by atoms with Crippen LogP contribution in [0, 0.1) is 5.92 Å². The first-order chi connectivity index (χ1) is 8.17. The molecule has 0 radical (unpaired) electrons. The number of hydrogen-bond acceptors (Lipinski definition) is 1. The van der Waals surface area contributed by atoms with Crippen LogP contribution in [0.1, 0.15) is 62.0 Å². The van der Waals surface area contributed by atoms with Gasteiger partial charge in [0.25, 0.3) is 0 Å². The Morgan fingerprint density at radius 1 is 1.00 bits per heavy atom. The molecule has 0 aliphatic carbocycles. The summed E-state index contributed by atoms with van der Waals surface area (Å²) in [6.07, 6.45) is 3.93. The Morgan fingerprint density at radius 2 is 1.59 bits per heavy atom. The maximum absolute atomic E-state index is 12.3. The van der Waals surface area contributed by atoms with Crippen LogP contribution in [0.25, 0.3) is 0 Å². The molecule has 0 heterocycles. The van der Waals surface area contributed by atoms with E-state index in [0.717, 1.165) is 31.2 Å². The summed E-state index contributed by atoms with van der Waals surface area (Å²) >= 11 is 0. The minimum atomic E-state index is 0.187. The molecule has 0 atom stereocenters. The predicted octanol–water partition coefficient (Wildman–Crippen LogP) is 4.43. The van der Waals surface area contributed by atoms with Gasteiger partial charge in [0.15, 0.2) is 5.78 Å². The van der Waals surface area contributed by atoms with Crippen molar-refractivity contribution < 1.29 is 4.79 Å². The molecule has 1 heteroatoms. The van der Waals surface area contributed by atoms with Gasteiger partial charge in [0.05, 0.1) is 0 Å². The zero-order valence-corrected chi connectivity index (χ0v) is 11.5. The molecular formula is C16H24O. The molecule has 1 aromatic rings. The molecule has 0 saturated carbocycles. The number of rotatable bonds is 6. The highest BCUT2D eigenvalue weighted by Crippen LogP contribution is 2.19. The maximum Gasteiger partial charge on any atom is 0.165 e. The van der Waals surface area contributed by atoms with Crippen LogP contribution in [0.5, 0.6) is 0 Å². The van der Waals surface area contributed by atoms with E-state index in [2.05, 4.69) is 39.8 Å². The number of ketones is 1. The molecule has 0 unspecified atom stereocenters. The quantitative estimate of drug-likeness (QED) is 0.663. The van der Waals surface area contributed by atoms with Crippen molar-refractivity contribution in [2.24, 2.45) is 5.92 Å². The van der Waals surface area contributed by atoms with E-state index in [9.17, 15) is 4.79 Å². The molecule has 1 rings (SSSR count). The minimum Gasteiger partial charge on any atom is -0.294 e. The molecule has 17 heavy (non-hydrogen) atoms. The predicted molar refractivity (Wildman–Crippen MR) is 73.6 cm³/mol. The van der Waals surface area contributed by atoms with Crippen molar-refractivity contribution >= 4 is 5.78 Å². The molecule has 1 aromatic carbocycles. The lowest BCUT2D eigenvalue weighted by atomic mass is 9.90. The molecule has 0 aromatic heterocycles. The first kappa shape index (κ1) is 14.0. The van der Waals surface area contributed by atoms with Crippen LogP contribution >= 0.6 is 0 Å². The van der Waals surface area contributed by atoms with Gasteiger partial charge in [-0.3, -0.25) is 4.79 Å². The van der Waals surface area contributed by atoms with Gasteiger partial charge < -0.3 is 0 Å². The highest BCUT2D eigenvalue weighted by Gasteiger charge is 2.16. The third-order valence-corrected chi connectivity index (χ3v) is 3.61. The maximum atomic E-state index is 12.3. The normalized spacial score (nSPS) is 10.9. The summed E-state index contributed by atoms with van der Waals surface area (Å²) < 4.78 is 0. The van der Waals surface area contributed by atoms with Gasteiger partial charge in [-0.15, -0.1) is 0 Å². The number of benzene rings is 1. The monoisotopic (exact) mass is 232 g/mol. The number of carbonyl (C=O) groups excluding carboxylic acids is 1. The first-order valence-corrected chi connectivity index (χ1v) is 6.83. The van der Waals surface area contributed by atoms with Gasteiger partial charge in [-0.25, -0.2) is 0 Å². The topological polar surface area (TPSA) is 17.1 Å². The molecule has 0 fully saturated rings. The van der Waals surface area contributed by atoms with E-state index in [4.69, 9.17) is 0 Å². The van der Waals surface area contributed by atoms with Gasteiger partial charge in [-0.05, 0) is 42.9 Å². The lowest BCUT2D eigenvalue weighted by molar-refractivity contribution is 0.0913. The Balaban J connectivity index is 3.03. The zero-order chi connectivity index (χ0) is 12.8. The van der Waals surface area contributed by atoms with Gasteiger partial charge in [-0.1, -0.05) is 39.8 Å². The molecule has 0 amide bonds. The molecule has 0 aliphatic heterocycles. The summed E-state index contributed by atoms with van der Waals surface area (Å²) in [7, 11) is 0. The van der Waals surface area contributed by atoms with Crippen molar-refractivity contribution in [1.29, 1.82) is 0 Å². The van der Waals surface area contributed by atoms with Crippen LogP contribution < -0.4 is 0 Å². The van der Waals surface area contributed by atoms with Crippen LogP contribution in [-0.4, -0.2) is 5.78 Å². The highest BCUT2D eigenvalue weighted by molar-refractivity contribution is 5.98. The Labute approximate surface area is 105 Å². The Morgan fingerprint density at radius 3 is 2.06 bits per heavy atom. The second-order valence-electron chi connectivity index (χ2n) is 4.57. The second-order valence-corrected chi connectivity index (χ2v) is 4.57. The minimum absolute atomic E-state index is 0.187. The van der Waals surface area contributed by atoms with Crippen LogP contribution in [0.15, 0.2) is 18.2 Å². The van der Waals surface area contributed by atoms with Crippen molar-refractivity contribution in [3.8, 4) is 0 Å². The third kappa shape index (κ3) is 3.18. The molecular weight excluding hydrogens is 208 g/mol. The average molecular weight is 232 g/mol. The molecule has 0 bridgehead atoms. The van der Waals surface area contributed by atoms with Gasteiger partial charge >= 0.3 is 0 Å².